The highest BCUT2D eigenvalue weighted by Crippen LogP contribution is 2.20. The molecule has 2 aromatic carbocycles. The lowest BCUT2D eigenvalue weighted by Gasteiger charge is -2.36. The summed E-state index contributed by atoms with van der Waals surface area (Å²) in [6.07, 6.45) is 3.10. The second-order valence-corrected chi connectivity index (χ2v) is 7.29. The average Bonchev–Trinajstić information content (AvgIpc) is 2.76. The Balaban J connectivity index is 1.32. The maximum absolute atomic E-state index is 9.13. The molecule has 0 radical (unpaired) electrons. The summed E-state index contributed by atoms with van der Waals surface area (Å²) in [7, 11) is 0. The lowest BCUT2D eigenvalue weighted by atomic mass is 10.1. The molecule has 0 saturated carbocycles. The van der Waals surface area contributed by atoms with E-state index in [1.54, 1.807) is 6.20 Å². The summed E-state index contributed by atoms with van der Waals surface area (Å²) < 4.78 is 0. The van der Waals surface area contributed by atoms with Crippen molar-refractivity contribution in [2.45, 2.75) is 13.5 Å². The van der Waals surface area contributed by atoms with Crippen molar-refractivity contribution >= 4 is 17.2 Å². The predicted molar refractivity (Wildman–Crippen MR) is 115 cm³/mol. The second kappa shape index (κ2) is 8.72. The number of nitriles is 1. The van der Waals surface area contributed by atoms with E-state index in [4.69, 9.17) is 5.26 Å². The van der Waals surface area contributed by atoms with Crippen LogP contribution in [0.5, 0.6) is 0 Å². The van der Waals surface area contributed by atoms with Crippen molar-refractivity contribution in [1.82, 2.24) is 14.9 Å². The highest BCUT2D eigenvalue weighted by atomic mass is 15.3. The van der Waals surface area contributed by atoms with Crippen molar-refractivity contribution in [2.75, 3.05) is 36.4 Å². The summed E-state index contributed by atoms with van der Waals surface area (Å²) in [4.78, 5) is 13.2. The van der Waals surface area contributed by atoms with Gasteiger partial charge in [-0.2, -0.15) is 5.26 Å². The summed E-state index contributed by atoms with van der Waals surface area (Å²) in [5.74, 6) is 0.482. The molecule has 146 valence electrons. The van der Waals surface area contributed by atoms with E-state index in [9.17, 15) is 0 Å². The SMILES string of the molecule is Cc1cccc(N2CCN(Cc3ccc(Nc4nccnc4C#N)cc3)CC2)c1. The molecule has 6 heteroatoms. The lowest BCUT2D eigenvalue weighted by Crippen LogP contribution is -2.45. The number of benzene rings is 2. The second-order valence-electron chi connectivity index (χ2n) is 7.29. The first-order valence-corrected chi connectivity index (χ1v) is 9.82. The quantitative estimate of drug-likeness (QED) is 0.723. The monoisotopic (exact) mass is 384 g/mol. The van der Waals surface area contributed by atoms with Crippen LogP contribution in [0, 0.1) is 18.3 Å². The molecule has 0 aliphatic carbocycles. The first-order valence-electron chi connectivity index (χ1n) is 9.82. The first-order chi connectivity index (χ1) is 14.2. The number of hydrogen-bond acceptors (Lipinski definition) is 6. The van der Waals surface area contributed by atoms with E-state index in [2.05, 4.69) is 74.5 Å². The maximum Gasteiger partial charge on any atom is 0.183 e. The van der Waals surface area contributed by atoms with Gasteiger partial charge in [0.25, 0.3) is 0 Å². The van der Waals surface area contributed by atoms with Crippen LogP contribution < -0.4 is 10.2 Å². The van der Waals surface area contributed by atoms with Gasteiger partial charge in [-0.25, -0.2) is 9.97 Å². The van der Waals surface area contributed by atoms with Crippen molar-refractivity contribution in [3.8, 4) is 6.07 Å². The molecule has 1 aromatic heterocycles. The Hall–Kier alpha value is -3.43. The highest BCUT2D eigenvalue weighted by molar-refractivity contribution is 5.60. The molecular weight excluding hydrogens is 360 g/mol. The largest absolute Gasteiger partial charge is 0.369 e. The topological polar surface area (TPSA) is 68.1 Å². The van der Waals surface area contributed by atoms with Gasteiger partial charge in [0.1, 0.15) is 6.07 Å². The lowest BCUT2D eigenvalue weighted by molar-refractivity contribution is 0.250. The summed E-state index contributed by atoms with van der Waals surface area (Å²) in [5.41, 5.74) is 5.10. The number of aromatic nitrogens is 2. The Bertz CT molecular complexity index is 1000. The molecule has 1 fully saturated rings. The Morgan fingerprint density at radius 3 is 2.48 bits per heavy atom. The van der Waals surface area contributed by atoms with Crippen molar-refractivity contribution < 1.29 is 0 Å². The van der Waals surface area contributed by atoms with Gasteiger partial charge in [-0.3, -0.25) is 4.90 Å². The van der Waals surface area contributed by atoms with Crippen molar-refractivity contribution in [3.05, 3.63) is 77.7 Å². The molecule has 4 rings (SSSR count). The van der Waals surface area contributed by atoms with E-state index < -0.39 is 0 Å². The zero-order valence-electron chi connectivity index (χ0n) is 16.5. The van der Waals surface area contributed by atoms with Gasteiger partial charge in [0.15, 0.2) is 11.5 Å². The van der Waals surface area contributed by atoms with E-state index in [1.807, 2.05) is 12.1 Å². The van der Waals surface area contributed by atoms with Crippen molar-refractivity contribution in [3.63, 3.8) is 0 Å². The Morgan fingerprint density at radius 2 is 1.76 bits per heavy atom. The number of nitrogens with zero attached hydrogens (tertiary/aromatic N) is 5. The summed E-state index contributed by atoms with van der Waals surface area (Å²) >= 11 is 0. The minimum atomic E-state index is 0.294. The van der Waals surface area contributed by atoms with E-state index >= 15 is 0 Å². The van der Waals surface area contributed by atoms with Gasteiger partial charge in [0.05, 0.1) is 0 Å². The van der Waals surface area contributed by atoms with Crippen LogP contribution in [-0.2, 0) is 6.54 Å². The highest BCUT2D eigenvalue weighted by Gasteiger charge is 2.17. The van der Waals surface area contributed by atoms with Crippen LogP contribution in [0.15, 0.2) is 60.9 Å². The summed E-state index contributed by atoms with van der Waals surface area (Å²) in [6.45, 7) is 7.29. The molecule has 1 N–H and O–H groups in total. The Morgan fingerprint density at radius 1 is 1.00 bits per heavy atom. The number of anilines is 3. The van der Waals surface area contributed by atoms with Gasteiger partial charge in [-0.1, -0.05) is 24.3 Å². The van der Waals surface area contributed by atoms with Crippen molar-refractivity contribution in [1.29, 1.82) is 5.26 Å². The van der Waals surface area contributed by atoms with E-state index in [0.29, 0.717) is 11.5 Å². The number of hydrogen-bond donors (Lipinski definition) is 1. The van der Waals surface area contributed by atoms with Gasteiger partial charge < -0.3 is 10.2 Å². The van der Waals surface area contributed by atoms with Crippen LogP contribution in [0.3, 0.4) is 0 Å². The van der Waals surface area contributed by atoms with Gasteiger partial charge in [0.2, 0.25) is 0 Å². The molecule has 1 saturated heterocycles. The summed E-state index contributed by atoms with van der Waals surface area (Å²) in [6, 6.07) is 19.1. The molecule has 0 bridgehead atoms. The zero-order chi connectivity index (χ0) is 20.1. The van der Waals surface area contributed by atoms with E-state index in [-0.39, 0.29) is 0 Å². The third-order valence-corrected chi connectivity index (χ3v) is 5.17. The third kappa shape index (κ3) is 4.71. The van der Waals surface area contributed by atoms with Crippen LogP contribution in [-0.4, -0.2) is 41.0 Å². The predicted octanol–water partition coefficient (Wildman–Crippen LogP) is 3.72. The normalized spacial score (nSPS) is 14.4. The standard InChI is InChI=1S/C23H24N6/c1-18-3-2-4-21(15-18)29-13-11-28(12-14-29)17-19-5-7-20(8-6-19)27-23-22(16-24)25-9-10-26-23/h2-10,15H,11-14,17H2,1H3,(H,26,27). The molecule has 2 heterocycles. The third-order valence-electron chi connectivity index (χ3n) is 5.17. The molecule has 0 atom stereocenters. The molecular formula is C23H24N6. The van der Waals surface area contributed by atoms with Gasteiger partial charge >= 0.3 is 0 Å². The smallest absolute Gasteiger partial charge is 0.183 e. The summed E-state index contributed by atoms with van der Waals surface area (Å²) in [5, 5.41) is 12.3. The van der Waals surface area contributed by atoms with Crippen LogP contribution in [0.4, 0.5) is 17.2 Å². The Kier molecular flexibility index (Phi) is 5.68. The number of aryl methyl sites for hydroxylation is 1. The zero-order valence-corrected chi connectivity index (χ0v) is 16.5. The number of nitrogens with one attached hydrogen (secondary N) is 1. The fourth-order valence-electron chi connectivity index (χ4n) is 3.59. The van der Waals surface area contributed by atoms with Crippen molar-refractivity contribution in [2.24, 2.45) is 0 Å². The molecule has 1 aliphatic rings. The average molecular weight is 384 g/mol. The van der Waals surface area contributed by atoms with Gasteiger partial charge in [0, 0.05) is 56.5 Å². The van der Waals surface area contributed by atoms with E-state index in [1.165, 1.54) is 23.0 Å². The molecule has 29 heavy (non-hydrogen) atoms. The Labute approximate surface area is 171 Å². The fourth-order valence-corrected chi connectivity index (χ4v) is 3.59. The minimum absolute atomic E-state index is 0.294. The van der Waals surface area contributed by atoms with Crippen LogP contribution in [0.25, 0.3) is 0 Å². The van der Waals surface area contributed by atoms with Crippen LogP contribution in [0.1, 0.15) is 16.8 Å². The van der Waals surface area contributed by atoms with Gasteiger partial charge in [-0.05, 0) is 42.3 Å². The molecule has 1 aliphatic heterocycles. The molecule has 0 spiro atoms. The molecule has 0 amide bonds. The minimum Gasteiger partial charge on any atom is -0.369 e. The fraction of sp³-hybridized carbons (Fsp3) is 0.261. The number of rotatable bonds is 5. The molecule has 0 unspecified atom stereocenters. The first kappa shape index (κ1) is 18.9. The number of piperazine rings is 1. The van der Waals surface area contributed by atoms with Crippen LogP contribution in [0.2, 0.25) is 0 Å². The van der Waals surface area contributed by atoms with Crippen LogP contribution >= 0.6 is 0 Å². The molecule has 3 aromatic rings. The maximum atomic E-state index is 9.13. The molecule has 6 nitrogen and oxygen atoms in total. The van der Waals surface area contributed by atoms with Gasteiger partial charge in [-0.15, -0.1) is 0 Å². The van der Waals surface area contributed by atoms with E-state index in [0.717, 1.165) is 38.4 Å².